The standard InChI is InChI=1S/C13H25N5O/c1-6-19-8-12-16-10(7-11(17-12)18-14)15-9(2)13(3,4)5/h7,9H,6,8,14H2,1-5H3,(H2,15,16,17,18). The van der Waals surface area contributed by atoms with E-state index in [4.69, 9.17) is 10.6 Å². The van der Waals surface area contributed by atoms with E-state index in [-0.39, 0.29) is 11.5 Å². The number of hydrogen-bond acceptors (Lipinski definition) is 6. The van der Waals surface area contributed by atoms with E-state index in [0.29, 0.717) is 24.9 Å². The Hall–Kier alpha value is -1.40. The van der Waals surface area contributed by atoms with Crippen molar-refractivity contribution in [2.45, 2.75) is 47.3 Å². The second kappa shape index (κ2) is 6.68. The molecule has 0 aliphatic heterocycles. The molecule has 108 valence electrons. The SMILES string of the molecule is CCOCc1nc(NN)cc(NC(C)C(C)(C)C)n1. The first kappa shape index (κ1) is 15.7. The Morgan fingerprint density at radius 2 is 1.95 bits per heavy atom. The predicted molar refractivity (Wildman–Crippen MR) is 77.7 cm³/mol. The van der Waals surface area contributed by atoms with Gasteiger partial charge in [-0.05, 0) is 19.3 Å². The highest BCUT2D eigenvalue weighted by Crippen LogP contribution is 2.22. The second-order valence-electron chi connectivity index (χ2n) is 5.57. The first-order valence-electron chi connectivity index (χ1n) is 6.55. The number of nitrogens with two attached hydrogens (primary N) is 1. The van der Waals surface area contributed by atoms with Crippen LogP contribution >= 0.6 is 0 Å². The van der Waals surface area contributed by atoms with Crippen molar-refractivity contribution in [3.05, 3.63) is 11.9 Å². The van der Waals surface area contributed by atoms with Crippen molar-refractivity contribution in [2.24, 2.45) is 11.3 Å². The lowest BCUT2D eigenvalue weighted by atomic mass is 9.88. The monoisotopic (exact) mass is 267 g/mol. The summed E-state index contributed by atoms with van der Waals surface area (Å²) in [6, 6.07) is 2.06. The molecule has 0 fully saturated rings. The van der Waals surface area contributed by atoms with E-state index in [9.17, 15) is 0 Å². The molecule has 1 rings (SSSR count). The molecule has 0 aliphatic rings. The summed E-state index contributed by atoms with van der Waals surface area (Å²) in [5, 5.41) is 3.37. The molecule has 1 aromatic rings. The maximum Gasteiger partial charge on any atom is 0.158 e. The quantitative estimate of drug-likeness (QED) is 0.541. The third kappa shape index (κ3) is 5.00. The Labute approximate surface area is 115 Å². The van der Waals surface area contributed by atoms with Gasteiger partial charge in [-0.3, -0.25) is 0 Å². The van der Waals surface area contributed by atoms with Gasteiger partial charge in [0.15, 0.2) is 5.82 Å². The van der Waals surface area contributed by atoms with Crippen molar-refractivity contribution in [3.8, 4) is 0 Å². The predicted octanol–water partition coefficient (Wildman–Crippen LogP) is 2.15. The first-order chi connectivity index (χ1) is 8.86. The number of hydrazine groups is 1. The van der Waals surface area contributed by atoms with Crippen LogP contribution in [-0.4, -0.2) is 22.6 Å². The molecule has 1 heterocycles. The van der Waals surface area contributed by atoms with E-state index >= 15 is 0 Å². The third-order valence-corrected chi connectivity index (χ3v) is 3.02. The zero-order valence-corrected chi connectivity index (χ0v) is 12.4. The summed E-state index contributed by atoms with van der Waals surface area (Å²) < 4.78 is 5.32. The molecular formula is C13H25N5O. The summed E-state index contributed by atoms with van der Waals surface area (Å²) in [6.07, 6.45) is 0. The number of anilines is 2. The Morgan fingerprint density at radius 3 is 2.47 bits per heavy atom. The van der Waals surface area contributed by atoms with Crippen molar-refractivity contribution in [1.29, 1.82) is 0 Å². The maximum absolute atomic E-state index is 5.42. The van der Waals surface area contributed by atoms with E-state index in [0.717, 1.165) is 5.82 Å². The van der Waals surface area contributed by atoms with Crippen molar-refractivity contribution in [1.82, 2.24) is 9.97 Å². The summed E-state index contributed by atoms with van der Waals surface area (Å²) in [5.74, 6) is 7.36. The van der Waals surface area contributed by atoms with Crippen LogP contribution in [0.25, 0.3) is 0 Å². The minimum Gasteiger partial charge on any atom is -0.374 e. The fourth-order valence-electron chi connectivity index (χ4n) is 1.34. The fraction of sp³-hybridized carbons (Fsp3) is 0.692. The van der Waals surface area contributed by atoms with Gasteiger partial charge in [0.25, 0.3) is 0 Å². The van der Waals surface area contributed by atoms with Gasteiger partial charge in [0.1, 0.15) is 18.2 Å². The van der Waals surface area contributed by atoms with Gasteiger partial charge in [-0.1, -0.05) is 20.8 Å². The molecule has 6 nitrogen and oxygen atoms in total. The third-order valence-electron chi connectivity index (χ3n) is 3.02. The molecule has 1 atom stereocenters. The van der Waals surface area contributed by atoms with Crippen LogP contribution in [-0.2, 0) is 11.3 Å². The minimum atomic E-state index is 0.140. The number of nitrogen functional groups attached to an aromatic ring is 1. The van der Waals surface area contributed by atoms with E-state index in [1.165, 1.54) is 0 Å². The van der Waals surface area contributed by atoms with Gasteiger partial charge in [-0.2, -0.15) is 0 Å². The number of hydrogen-bond donors (Lipinski definition) is 3. The molecule has 0 bridgehead atoms. The van der Waals surface area contributed by atoms with Crippen LogP contribution in [0.2, 0.25) is 0 Å². The number of rotatable bonds is 6. The molecule has 4 N–H and O–H groups in total. The molecule has 6 heteroatoms. The average Bonchev–Trinajstić information content (AvgIpc) is 2.34. The zero-order valence-electron chi connectivity index (χ0n) is 12.4. The van der Waals surface area contributed by atoms with E-state index in [1.807, 2.05) is 6.92 Å². The normalized spacial score (nSPS) is 13.2. The lowest BCUT2D eigenvalue weighted by molar-refractivity contribution is 0.128. The Morgan fingerprint density at radius 1 is 1.32 bits per heavy atom. The van der Waals surface area contributed by atoms with Crippen LogP contribution in [0.5, 0.6) is 0 Å². The highest BCUT2D eigenvalue weighted by Gasteiger charge is 2.20. The average molecular weight is 267 g/mol. The fourth-order valence-corrected chi connectivity index (χ4v) is 1.34. The highest BCUT2D eigenvalue weighted by molar-refractivity contribution is 5.47. The molecule has 0 amide bonds. The second-order valence-corrected chi connectivity index (χ2v) is 5.57. The molecule has 0 saturated carbocycles. The van der Waals surface area contributed by atoms with Crippen molar-refractivity contribution in [2.75, 3.05) is 17.3 Å². The molecule has 0 aliphatic carbocycles. The number of nitrogens with one attached hydrogen (secondary N) is 2. The van der Waals surface area contributed by atoms with Crippen LogP contribution < -0.4 is 16.6 Å². The van der Waals surface area contributed by atoms with Crippen LogP contribution in [0, 0.1) is 5.41 Å². The van der Waals surface area contributed by atoms with Crippen LogP contribution in [0.4, 0.5) is 11.6 Å². The molecule has 1 unspecified atom stereocenters. The van der Waals surface area contributed by atoms with Crippen molar-refractivity contribution < 1.29 is 4.74 Å². The minimum absolute atomic E-state index is 0.140. The van der Waals surface area contributed by atoms with Gasteiger partial charge in [-0.25, -0.2) is 15.8 Å². The van der Waals surface area contributed by atoms with Crippen LogP contribution in [0.1, 0.15) is 40.4 Å². The van der Waals surface area contributed by atoms with Crippen LogP contribution in [0.15, 0.2) is 6.07 Å². The molecule has 0 aromatic carbocycles. The van der Waals surface area contributed by atoms with Gasteiger partial charge in [-0.15, -0.1) is 0 Å². The Balaban J connectivity index is 2.87. The van der Waals surface area contributed by atoms with Crippen molar-refractivity contribution in [3.63, 3.8) is 0 Å². The first-order valence-corrected chi connectivity index (χ1v) is 6.55. The van der Waals surface area contributed by atoms with E-state index < -0.39 is 0 Å². The summed E-state index contributed by atoms with van der Waals surface area (Å²) in [4.78, 5) is 8.68. The Kier molecular flexibility index (Phi) is 5.50. The highest BCUT2D eigenvalue weighted by atomic mass is 16.5. The lowest BCUT2D eigenvalue weighted by Crippen LogP contribution is -2.31. The molecule has 0 spiro atoms. The number of nitrogens with zero attached hydrogens (tertiary/aromatic N) is 2. The molecule has 1 aromatic heterocycles. The molecule has 19 heavy (non-hydrogen) atoms. The lowest BCUT2D eigenvalue weighted by Gasteiger charge is -2.28. The molecular weight excluding hydrogens is 242 g/mol. The van der Waals surface area contributed by atoms with E-state index in [1.54, 1.807) is 6.07 Å². The van der Waals surface area contributed by atoms with Crippen LogP contribution in [0.3, 0.4) is 0 Å². The van der Waals surface area contributed by atoms with Gasteiger partial charge in [0.05, 0.1) is 0 Å². The summed E-state index contributed by atoms with van der Waals surface area (Å²) in [5.41, 5.74) is 2.69. The van der Waals surface area contributed by atoms with Crippen molar-refractivity contribution >= 4 is 11.6 Å². The molecule has 0 saturated heterocycles. The zero-order chi connectivity index (χ0) is 14.5. The molecule has 0 radical (unpaired) electrons. The Bertz CT molecular complexity index is 403. The van der Waals surface area contributed by atoms with Gasteiger partial charge in [0, 0.05) is 18.7 Å². The largest absolute Gasteiger partial charge is 0.374 e. The van der Waals surface area contributed by atoms with Gasteiger partial charge >= 0.3 is 0 Å². The maximum atomic E-state index is 5.42. The topological polar surface area (TPSA) is 85.1 Å². The van der Waals surface area contributed by atoms with Gasteiger partial charge < -0.3 is 15.5 Å². The summed E-state index contributed by atoms with van der Waals surface area (Å²) in [7, 11) is 0. The number of aromatic nitrogens is 2. The van der Waals surface area contributed by atoms with E-state index in [2.05, 4.69) is 48.4 Å². The summed E-state index contributed by atoms with van der Waals surface area (Å²) >= 11 is 0. The summed E-state index contributed by atoms with van der Waals surface area (Å²) in [6.45, 7) is 11.6. The smallest absolute Gasteiger partial charge is 0.158 e. The number of ether oxygens (including phenoxy) is 1. The van der Waals surface area contributed by atoms with Gasteiger partial charge in [0.2, 0.25) is 0 Å².